The fraction of sp³-hybridized carbons (Fsp3) is 0.440. The van der Waals surface area contributed by atoms with Crippen molar-refractivity contribution in [1.82, 2.24) is 10.2 Å². The molecule has 0 fully saturated rings. The van der Waals surface area contributed by atoms with Crippen LogP contribution in [0.25, 0.3) is 0 Å². The summed E-state index contributed by atoms with van der Waals surface area (Å²) < 4.78 is 26.5. The van der Waals surface area contributed by atoms with Gasteiger partial charge in [-0.15, -0.1) is 0 Å². The van der Waals surface area contributed by atoms with E-state index in [2.05, 4.69) is 5.32 Å². The molecule has 0 bridgehead atoms. The number of nitrogens with zero attached hydrogens (tertiary/aromatic N) is 2. The maximum atomic E-state index is 13.6. The van der Waals surface area contributed by atoms with Crippen LogP contribution in [-0.2, 0) is 26.2 Å². The van der Waals surface area contributed by atoms with Crippen LogP contribution < -0.4 is 9.62 Å². The van der Waals surface area contributed by atoms with E-state index in [4.69, 9.17) is 23.2 Å². The van der Waals surface area contributed by atoms with Crippen molar-refractivity contribution in [2.45, 2.75) is 59.7 Å². The standard InChI is InChI=1S/C25H33Cl2N3O4S/c1-16-8-9-17(2)22(12-16)30(35(7,33)34)15-23(31)29(18(3)24(32)28-25(4,5)6)14-19-10-11-20(26)21(27)13-19/h8-13,18H,14-15H2,1-7H3,(H,28,32). The second kappa shape index (κ2) is 11.2. The quantitative estimate of drug-likeness (QED) is 0.524. The predicted octanol–water partition coefficient (Wildman–Crippen LogP) is 4.71. The van der Waals surface area contributed by atoms with Crippen molar-refractivity contribution >= 4 is 50.7 Å². The van der Waals surface area contributed by atoms with Crippen LogP contribution in [-0.4, -0.2) is 49.5 Å². The van der Waals surface area contributed by atoms with Gasteiger partial charge in [0.15, 0.2) is 0 Å². The highest BCUT2D eigenvalue weighted by atomic mass is 35.5. The van der Waals surface area contributed by atoms with Crippen molar-refractivity contribution in [3.63, 3.8) is 0 Å². The SMILES string of the molecule is Cc1ccc(C)c(N(CC(=O)N(Cc2ccc(Cl)c(Cl)c2)C(C)C(=O)NC(C)(C)C)S(C)(=O)=O)c1. The Morgan fingerprint density at radius 3 is 2.20 bits per heavy atom. The summed E-state index contributed by atoms with van der Waals surface area (Å²) in [5.74, 6) is -0.887. The first kappa shape index (κ1) is 28.9. The molecule has 2 rings (SSSR count). The summed E-state index contributed by atoms with van der Waals surface area (Å²) >= 11 is 12.2. The van der Waals surface area contributed by atoms with E-state index in [0.29, 0.717) is 26.9 Å². The first-order chi connectivity index (χ1) is 16.0. The Labute approximate surface area is 218 Å². The van der Waals surface area contributed by atoms with Crippen LogP contribution >= 0.6 is 23.2 Å². The molecule has 7 nitrogen and oxygen atoms in total. The largest absolute Gasteiger partial charge is 0.350 e. The van der Waals surface area contributed by atoms with Gasteiger partial charge in [0.2, 0.25) is 21.8 Å². The lowest BCUT2D eigenvalue weighted by molar-refractivity contribution is -0.140. The number of halogens is 2. The van der Waals surface area contributed by atoms with Crippen molar-refractivity contribution in [2.24, 2.45) is 0 Å². The van der Waals surface area contributed by atoms with Crippen LogP contribution in [0.4, 0.5) is 5.69 Å². The van der Waals surface area contributed by atoms with Gasteiger partial charge < -0.3 is 10.2 Å². The van der Waals surface area contributed by atoms with Gasteiger partial charge in [-0.25, -0.2) is 8.42 Å². The lowest BCUT2D eigenvalue weighted by Crippen LogP contribution is -2.54. The number of hydrogen-bond acceptors (Lipinski definition) is 4. The molecule has 0 aliphatic rings. The molecule has 0 aliphatic heterocycles. The molecule has 35 heavy (non-hydrogen) atoms. The maximum absolute atomic E-state index is 13.6. The van der Waals surface area contributed by atoms with Crippen molar-refractivity contribution in [3.8, 4) is 0 Å². The van der Waals surface area contributed by atoms with Crippen LogP contribution in [0.15, 0.2) is 36.4 Å². The van der Waals surface area contributed by atoms with Crippen molar-refractivity contribution in [2.75, 3.05) is 17.1 Å². The smallest absolute Gasteiger partial charge is 0.244 e. The summed E-state index contributed by atoms with van der Waals surface area (Å²) in [5, 5.41) is 3.56. The van der Waals surface area contributed by atoms with Crippen LogP contribution in [0.3, 0.4) is 0 Å². The number of aryl methyl sites for hydroxylation is 2. The van der Waals surface area contributed by atoms with E-state index < -0.39 is 34.1 Å². The third kappa shape index (κ3) is 8.12. The van der Waals surface area contributed by atoms with Gasteiger partial charge in [0, 0.05) is 12.1 Å². The second-order valence-corrected chi connectivity index (χ2v) is 12.5. The van der Waals surface area contributed by atoms with Crippen LogP contribution in [0.2, 0.25) is 10.0 Å². The van der Waals surface area contributed by atoms with Crippen molar-refractivity contribution < 1.29 is 18.0 Å². The number of rotatable bonds is 8. The Bertz CT molecular complexity index is 1210. The van der Waals surface area contributed by atoms with Gasteiger partial charge in [0.1, 0.15) is 12.6 Å². The molecule has 0 spiro atoms. The molecule has 0 saturated carbocycles. The molecule has 0 radical (unpaired) electrons. The van der Waals surface area contributed by atoms with Gasteiger partial charge in [0.25, 0.3) is 0 Å². The molecule has 10 heteroatoms. The minimum Gasteiger partial charge on any atom is -0.350 e. The summed E-state index contributed by atoms with van der Waals surface area (Å²) in [6.07, 6.45) is 1.06. The molecule has 2 aromatic rings. The number of carbonyl (C=O) groups excluding carboxylic acids is 2. The number of nitrogens with one attached hydrogen (secondary N) is 1. The Hall–Kier alpha value is -2.29. The Balaban J connectivity index is 2.47. The van der Waals surface area contributed by atoms with Crippen LogP contribution in [0, 0.1) is 13.8 Å². The normalized spacial score (nSPS) is 12.7. The number of anilines is 1. The number of hydrogen-bond donors (Lipinski definition) is 1. The Morgan fingerprint density at radius 1 is 1.03 bits per heavy atom. The van der Waals surface area contributed by atoms with E-state index in [0.717, 1.165) is 16.1 Å². The van der Waals surface area contributed by atoms with Crippen molar-refractivity contribution in [3.05, 3.63) is 63.1 Å². The van der Waals surface area contributed by atoms with Gasteiger partial charge in [0.05, 0.1) is 22.0 Å². The van der Waals surface area contributed by atoms with Gasteiger partial charge in [-0.05, 0) is 76.4 Å². The van der Waals surface area contributed by atoms with Gasteiger partial charge in [-0.1, -0.05) is 41.4 Å². The number of benzene rings is 2. The molecule has 1 atom stereocenters. The van der Waals surface area contributed by atoms with E-state index in [9.17, 15) is 18.0 Å². The zero-order valence-electron chi connectivity index (χ0n) is 21.1. The van der Waals surface area contributed by atoms with E-state index >= 15 is 0 Å². The highest BCUT2D eigenvalue weighted by Gasteiger charge is 2.31. The first-order valence-corrected chi connectivity index (χ1v) is 13.7. The molecule has 0 saturated heterocycles. The van der Waals surface area contributed by atoms with E-state index in [1.165, 1.54) is 4.90 Å². The molecule has 0 aliphatic carbocycles. The molecular weight excluding hydrogens is 509 g/mol. The summed E-state index contributed by atoms with van der Waals surface area (Å²) in [6, 6.07) is 9.47. The summed E-state index contributed by atoms with van der Waals surface area (Å²) in [7, 11) is -3.80. The lowest BCUT2D eigenvalue weighted by Gasteiger charge is -2.33. The predicted molar refractivity (Wildman–Crippen MR) is 142 cm³/mol. The van der Waals surface area contributed by atoms with Gasteiger partial charge in [-0.3, -0.25) is 13.9 Å². The molecule has 1 unspecified atom stereocenters. The molecule has 1 N–H and O–H groups in total. The summed E-state index contributed by atoms with van der Waals surface area (Å²) in [4.78, 5) is 28.0. The maximum Gasteiger partial charge on any atom is 0.244 e. The summed E-state index contributed by atoms with van der Waals surface area (Å²) in [6.45, 7) is 10.3. The van der Waals surface area contributed by atoms with Crippen LogP contribution in [0.1, 0.15) is 44.4 Å². The fourth-order valence-corrected chi connectivity index (χ4v) is 4.69. The third-order valence-corrected chi connectivity index (χ3v) is 7.18. The highest BCUT2D eigenvalue weighted by molar-refractivity contribution is 7.92. The third-order valence-electron chi connectivity index (χ3n) is 5.31. The zero-order chi connectivity index (χ0) is 26.7. The van der Waals surface area contributed by atoms with Crippen molar-refractivity contribution in [1.29, 1.82) is 0 Å². The van der Waals surface area contributed by atoms with Gasteiger partial charge in [-0.2, -0.15) is 0 Å². The Kier molecular flexibility index (Phi) is 9.25. The monoisotopic (exact) mass is 541 g/mol. The average Bonchev–Trinajstić information content (AvgIpc) is 2.72. The lowest BCUT2D eigenvalue weighted by atomic mass is 10.1. The van der Waals surface area contributed by atoms with Crippen LogP contribution in [0.5, 0.6) is 0 Å². The molecule has 192 valence electrons. The Morgan fingerprint density at radius 2 is 1.66 bits per heavy atom. The second-order valence-electron chi connectivity index (χ2n) is 9.74. The molecular formula is C25H33Cl2N3O4S. The highest BCUT2D eigenvalue weighted by Crippen LogP contribution is 2.26. The van der Waals surface area contributed by atoms with E-state index in [-0.39, 0.29) is 12.5 Å². The summed E-state index contributed by atoms with van der Waals surface area (Å²) in [5.41, 5.74) is 2.13. The van der Waals surface area contributed by atoms with E-state index in [1.54, 1.807) is 44.2 Å². The average molecular weight is 543 g/mol. The first-order valence-electron chi connectivity index (χ1n) is 11.1. The molecule has 2 amide bonds. The van der Waals surface area contributed by atoms with E-state index in [1.807, 2.05) is 33.8 Å². The molecule has 0 aromatic heterocycles. The number of amides is 2. The van der Waals surface area contributed by atoms with Gasteiger partial charge >= 0.3 is 0 Å². The number of sulfonamides is 1. The molecule has 2 aromatic carbocycles. The minimum absolute atomic E-state index is 0.0405. The fourth-order valence-electron chi connectivity index (χ4n) is 3.47. The minimum atomic E-state index is -3.80. The zero-order valence-corrected chi connectivity index (χ0v) is 23.5. The molecule has 0 heterocycles. The number of carbonyl (C=O) groups is 2. The topological polar surface area (TPSA) is 86.8 Å².